The van der Waals surface area contributed by atoms with Crippen LogP contribution in [0.5, 0.6) is 0 Å². The summed E-state index contributed by atoms with van der Waals surface area (Å²) >= 11 is 1.58. The molecule has 4 atom stereocenters. The van der Waals surface area contributed by atoms with Gasteiger partial charge in [-0.05, 0) is 36.6 Å². The number of nitrogens with zero attached hydrogens (tertiary/aromatic N) is 3. The molecule has 4 unspecified atom stereocenters. The fraction of sp³-hybridized carbons (Fsp3) is 0.455. The van der Waals surface area contributed by atoms with Crippen LogP contribution in [0.15, 0.2) is 45.3 Å². The second-order valence-corrected chi connectivity index (χ2v) is 9.02. The van der Waals surface area contributed by atoms with E-state index in [4.69, 9.17) is 4.42 Å². The first-order chi connectivity index (χ1) is 15.2. The summed E-state index contributed by atoms with van der Waals surface area (Å²) in [7, 11) is 0. The van der Waals surface area contributed by atoms with Crippen LogP contribution < -0.4 is 10.6 Å². The molecule has 2 bridgehead atoms. The third kappa shape index (κ3) is 3.67. The molecule has 162 valence electrons. The highest BCUT2D eigenvalue weighted by Crippen LogP contribution is 2.52. The van der Waals surface area contributed by atoms with Crippen molar-refractivity contribution in [2.45, 2.75) is 19.9 Å². The van der Waals surface area contributed by atoms with Gasteiger partial charge in [0.25, 0.3) is 0 Å². The molecule has 3 heterocycles. The van der Waals surface area contributed by atoms with Crippen molar-refractivity contribution in [3.05, 3.63) is 41.6 Å². The van der Waals surface area contributed by atoms with Gasteiger partial charge in [0.05, 0.1) is 23.3 Å². The van der Waals surface area contributed by atoms with Crippen molar-refractivity contribution >= 4 is 29.1 Å². The Hall–Kier alpha value is -2.94. The van der Waals surface area contributed by atoms with Crippen molar-refractivity contribution < 1.29 is 14.0 Å². The number of aliphatic imine (C=N–C) groups is 1. The Labute approximate surface area is 184 Å². The number of guanidine groups is 1. The lowest BCUT2D eigenvalue weighted by atomic mass is 9.85. The maximum atomic E-state index is 12.8. The summed E-state index contributed by atoms with van der Waals surface area (Å²) in [6.45, 7) is 3.85. The van der Waals surface area contributed by atoms with Crippen LogP contribution in [-0.4, -0.2) is 47.3 Å². The predicted octanol–water partition coefficient (Wildman–Crippen LogP) is 2.27. The number of fused-ring (bicyclic) bond motifs is 5. The molecule has 3 aliphatic rings. The van der Waals surface area contributed by atoms with E-state index in [9.17, 15) is 9.59 Å². The van der Waals surface area contributed by atoms with E-state index in [0.717, 1.165) is 17.0 Å². The van der Waals surface area contributed by atoms with Crippen molar-refractivity contribution in [2.24, 2.45) is 28.7 Å². The quantitative estimate of drug-likeness (QED) is 0.297. The Bertz CT molecular complexity index is 998. The zero-order valence-corrected chi connectivity index (χ0v) is 18.1. The number of hydrogen-bond acceptors (Lipinski definition) is 6. The number of aromatic nitrogens is 1. The van der Waals surface area contributed by atoms with Gasteiger partial charge < -0.3 is 15.1 Å². The van der Waals surface area contributed by atoms with Crippen LogP contribution in [0.4, 0.5) is 0 Å². The van der Waals surface area contributed by atoms with Gasteiger partial charge in [0, 0.05) is 19.6 Å². The lowest BCUT2D eigenvalue weighted by molar-refractivity contribution is -0.140. The number of oxazole rings is 1. The summed E-state index contributed by atoms with van der Waals surface area (Å²) in [6.07, 6.45) is 6.79. The molecule has 9 heteroatoms. The van der Waals surface area contributed by atoms with Crippen LogP contribution >= 0.6 is 11.3 Å². The van der Waals surface area contributed by atoms with Gasteiger partial charge in [-0.15, -0.1) is 11.3 Å². The largest absolute Gasteiger partial charge is 0.443 e. The van der Waals surface area contributed by atoms with Gasteiger partial charge >= 0.3 is 0 Å². The molecule has 1 aliphatic heterocycles. The molecule has 0 aromatic carbocycles. The Kier molecular flexibility index (Phi) is 5.35. The predicted molar refractivity (Wildman–Crippen MR) is 117 cm³/mol. The molecular weight excluding hydrogens is 414 g/mol. The monoisotopic (exact) mass is 439 g/mol. The molecule has 2 aliphatic carbocycles. The molecule has 1 saturated carbocycles. The number of likely N-dealkylation sites (tertiary alicyclic amines) is 1. The van der Waals surface area contributed by atoms with E-state index in [1.807, 2.05) is 24.4 Å². The topological polar surface area (TPSA) is 99.8 Å². The Balaban J connectivity index is 1.17. The summed E-state index contributed by atoms with van der Waals surface area (Å²) in [4.78, 5) is 37.0. The normalized spacial score (nSPS) is 26.7. The Morgan fingerprint density at radius 2 is 2.03 bits per heavy atom. The lowest BCUT2D eigenvalue weighted by Gasteiger charge is -2.18. The fourth-order valence-electron chi connectivity index (χ4n) is 4.87. The first-order valence-corrected chi connectivity index (χ1v) is 11.6. The second kappa shape index (κ2) is 8.30. The van der Waals surface area contributed by atoms with E-state index < -0.39 is 0 Å². The minimum absolute atomic E-state index is 0.0145. The molecule has 0 spiro atoms. The first-order valence-electron chi connectivity index (χ1n) is 10.7. The molecule has 2 aromatic rings. The van der Waals surface area contributed by atoms with E-state index in [-0.39, 0.29) is 35.5 Å². The number of allylic oxidation sites excluding steroid dienone is 2. The van der Waals surface area contributed by atoms with Crippen LogP contribution in [0.3, 0.4) is 0 Å². The molecule has 2 N–H and O–H groups in total. The standard InChI is InChI=1S/C22H25N5O3S/c1-2-23-22(25-11-15-12-30-19(26-15)16-4-3-9-31-16)24-7-8-27-20(28)17-13-5-6-14(10-13)18(17)21(27)29/h3-6,9,12-14,17-18H,2,7-8,10-11H2,1H3,(H2,23,24,25). The van der Waals surface area contributed by atoms with Gasteiger partial charge in [0.2, 0.25) is 17.7 Å². The van der Waals surface area contributed by atoms with Gasteiger partial charge in [-0.25, -0.2) is 9.98 Å². The van der Waals surface area contributed by atoms with Crippen molar-refractivity contribution in [1.29, 1.82) is 0 Å². The highest BCUT2D eigenvalue weighted by molar-refractivity contribution is 7.13. The van der Waals surface area contributed by atoms with Crippen molar-refractivity contribution in [3.63, 3.8) is 0 Å². The molecule has 8 nitrogen and oxygen atoms in total. The van der Waals surface area contributed by atoms with Gasteiger partial charge in [0.1, 0.15) is 12.0 Å². The summed E-state index contributed by atoms with van der Waals surface area (Å²) < 4.78 is 5.53. The van der Waals surface area contributed by atoms with Crippen LogP contribution in [0.25, 0.3) is 10.8 Å². The number of carbonyl (C=O) groups excluding carboxylic acids is 2. The summed E-state index contributed by atoms with van der Waals surface area (Å²) in [5.41, 5.74) is 0.737. The molecule has 2 amide bonds. The Morgan fingerprint density at radius 3 is 2.71 bits per heavy atom. The van der Waals surface area contributed by atoms with E-state index in [0.29, 0.717) is 38.0 Å². The number of imide groups is 1. The summed E-state index contributed by atoms with van der Waals surface area (Å²) in [5.74, 6) is 1.37. The number of amides is 2. The summed E-state index contributed by atoms with van der Waals surface area (Å²) in [5, 5.41) is 8.38. The number of thiophene rings is 1. The molecular formula is C22H25N5O3S. The molecule has 1 saturated heterocycles. The van der Waals surface area contributed by atoms with Crippen molar-refractivity contribution in [1.82, 2.24) is 20.5 Å². The van der Waals surface area contributed by atoms with Crippen molar-refractivity contribution in [3.8, 4) is 10.8 Å². The average molecular weight is 440 g/mol. The molecule has 2 aromatic heterocycles. The van der Waals surface area contributed by atoms with Crippen LogP contribution in [-0.2, 0) is 16.1 Å². The minimum Gasteiger partial charge on any atom is -0.443 e. The molecule has 0 radical (unpaired) electrons. The highest BCUT2D eigenvalue weighted by Gasteiger charge is 2.58. The van der Waals surface area contributed by atoms with Gasteiger partial charge in [0.15, 0.2) is 5.96 Å². The van der Waals surface area contributed by atoms with E-state index in [1.54, 1.807) is 17.6 Å². The van der Waals surface area contributed by atoms with Crippen molar-refractivity contribution in [2.75, 3.05) is 19.6 Å². The van der Waals surface area contributed by atoms with Crippen LogP contribution in [0, 0.1) is 23.7 Å². The highest BCUT2D eigenvalue weighted by atomic mass is 32.1. The van der Waals surface area contributed by atoms with E-state index >= 15 is 0 Å². The van der Waals surface area contributed by atoms with E-state index in [2.05, 4.69) is 32.8 Å². The molecule has 2 fully saturated rings. The number of rotatable bonds is 7. The SMILES string of the molecule is CCNC(=NCc1coc(-c2cccs2)n1)NCCN1C(=O)C2C3C=CC(C3)C2C1=O. The fourth-order valence-corrected chi connectivity index (χ4v) is 5.52. The Morgan fingerprint density at radius 1 is 1.26 bits per heavy atom. The number of carbonyl (C=O) groups is 2. The molecule has 31 heavy (non-hydrogen) atoms. The third-order valence-electron chi connectivity index (χ3n) is 6.22. The smallest absolute Gasteiger partial charge is 0.236 e. The summed E-state index contributed by atoms with van der Waals surface area (Å²) in [6, 6.07) is 3.92. The van der Waals surface area contributed by atoms with Crippen LogP contribution in [0.1, 0.15) is 19.0 Å². The second-order valence-electron chi connectivity index (χ2n) is 8.07. The zero-order valence-electron chi connectivity index (χ0n) is 17.3. The van der Waals surface area contributed by atoms with Crippen LogP contribution in [0.2, 0.25) is 0 Å². The maximum Gasteiger partial charge on any atom is 0.236 e. The maximum absolute atomic E-state index is 12.8. The van der Waals surface area contributed by atoms with Gasteiger partial charge in [-0.3, -0.25) is 14.5 Å². The first kappa shape index (κ1) is 20.0. The average Bonchev–Trinajstić information content (AvgIpc) is 3.58. The number of hydrogen-bond donors (Lipinski definition) is 2. The lowest BCUT2D eigenvalue weighted by Crippen LogP contribution is -2.43. The van der Waals surface area contributed by atoms with E-state index in [1.165, 1.54) is 4.90 Å². The third-order valence-corrected chi connectivity index (χ3v) is 7.07. The van der Waals surface area contributed by atoms with Gasteiger partial charge in [-0.1, -0.05) is 18.2 Å². The minimum atomic E-state index is -0.144. The zero-order chi connectivity index (χ0) is 21.4. The van der Waals surface area contributed by atoms with Gasteiger partial charge in [-0.2, -0.15) is 0 Å². The number of nitrogens with one attached hydrogen (secondary N) is 2. The molecule has 5 rings (SSSR count).